The van der Waals surface area contributed by atoms with Gasteiger partial charge >= 0.3 is 0 Å². The summed E-state index contributed by atoms with van der Waals surface area (Å²) in [6, 6.07) is 8.34. The van der Waals surface area contributed by atoms with Gasteiger partial charge in [0, 0.05) is 24.0 Å². The highest BCUT2D eigenvalue weighted by atomic mass is 127. The van der Waals surface area contributed by atoms with Crippen molar-refractivity contribution < 1.29 is 9.21 Å². The van der Waals surface area contributed by atoms with Crippen LogP contribution in [0.4, 0.5) is 0 Å². The van der Waals surface area contributed by atoms with Crippen LogP contribution in [-0.2, 0) is 11.3 Å². The smallest absolute Gasteiger partial charge is 0.239 e. The van der Waals surface area contributed by atoms with E-state index in [2.05, 4.69) is 20.9 Å². The Hall–Kier alpha value is -1.77. The molecule has 0 saturated heterocycles. The molecule has 1 aromatic heterocycles. The third-order valence-corrected chi connectivity index (χ3v) is 3.94. The van der Waals surface area contributed by atoms with E-state index in [-0.39, 0.29) is 36.4 Å². The van der Waals surface area contributed by atoms with Gasteiger partial charge in [0.2, 0.25) is 5.91 Å². The Balaban J connectivity index is 0.00000208. The van der Waals surface area contributed by atoms with Crippen LogP contribution in [0.2, 0.25) is 0 Å². The lowest BCUT2D eigenvalue weighted by atomic mass is 10.1. The first kappa shape index (κ1) is 18.6. The minimum atomic E-state index is -0.00429. The number of aliphatic imine (C=N–C) groups is 1. The predicted molar refractivity (Wildman–Crippen MR) is 106 cm³/mol. The summed E-state index contributed by atoms with van der Waals surface area (Å²) in [6.07, 6.45) is 2.17. The summed E-state index contributed by atoms with van der Waals surface area (Å²) >= 11 is 0. The van der Waals surface area contributed by atoms with Gasteiger partial charge in [-0.2, -0.15) is 0 Å². The fraction of sp³-hybridized carbons (Fsp3) is 0.412. The molecule has 1 heterocycles. The number of guanidine groups is 1. The number of benzene rings is 1. The first-order valence-electron chi connectivity index (χ1n) is 7.88. The van der Waals surface area contributed by atoms with Gasteiger partial charge in [-0.25, -0.2) is 0 Å². The summed E-state index contributed by atoms with van der Waals surface area (Å²) in [7, 11) is 1.68. The molecular weight excluding hydrogens is 419 g/mol. The minimum Gasteiger partial charge on any atom is -0.459 e. The van der Waals surface area contributed by atoms with Crippen LogP contribution in [0.1, 0.15) is 24.2 Å². The lowest BCUT2D eigenvalue weighted by molar-refractivity contribution is -0.120. The van der Waals surface area contributed by atoms with Crippen LogP contribution in [0.15, 0.2) is 33.7 Å². The largest absolute Gasteiger partial charge is 0.459 e. The number of carbonyl (C=O) groups is 1. The van der Waals surface area contributed by atoms with Crippen molar-refractivity contribution in [2.24, 2.45) is 4.99 Å². The number of fused-ring (bicyclic) bond motifs is 1. The highest BCUT2D eigenvalue weighted by Crippen LogP contribution is 2.24. The van der Waals surface area contributed by atoms with Gasteiger partial charge in [-0.3, -0.25) is 9.79 Å². The number of hydrogen-bond donors (Lipinski definition) is 3. The molecule has 24 heavy (non-hydrogen) atoms. The van der Waals surface area contributed by atoms with E-state index in [1.54, 1.807) is 7.05 Å². The fourth-order valence-electron chi connectivity index (χ4n) is 2.45. The Morgan fingerprint density at radius 3 is 2.71 bits per heavy atom. The summed E-state index contributed by atoms with van der Waals surface area (Å²) in [4.78, 5) is 15.8. The quantitative estimate of drug-likeness (QED) is 0.377. The normalized spacial score (nSPS) is 14.2. The number of halogens is 1. The van der Waals surface area contributed by atoms with Crippen LogP contribution in [0.3, 0.4) is 0 Å². The van der Waals surface area contributed by atoms with Crippen molar-refractivity contribution in [2.75, 3.05) is 13.6 Å². The third kappa shape index (κ3) is 4.62. The van der Waals surface area contributed by atoms with Gasteiger partial charge in [-0.05, 0) is 25.8 Å². The van der Waals surface area contributed by atoms with Crippen molar-refractivity contribution in [2.45, 2.75) is 32.4 Å². The molecule has 3 N–H and O–H groups in total. The monoisotopic (exact) mass is 442 g/mol. The number of hydrogen-bond acceptors (Lipinski definition) is 3. The summed E-state index contributed by atoms with van der Waals surface area (Å²) in [5, 5.41) is 10.2. The molecule has 1 saturated carbocycles. The van der Waals surface area contributed by atoms with Crippen LogP contribution in [0.5, 0.6) is 0 Å². The van der Waals surface area contributed by atoms with Gasteiger partial charge in [0.25, 0.3) is 0 Å². The molecule has 2 aromatic rings. The average Bonchev–Trinajstić information content (AvgIpc) is 3.31. The van der Waals surface area contributed by atoms with E-state index in [4.69, 9.17) is 4.42 Å². The Morgan fingerprint density at radius 1 is 1.29 bits per heavy atom. The Bertz CT molecular complexity index is 737. The van der Waals surface area contributed by atoms with Gasteiger partial charge in [-0.15, -0.1) is 24.0 Å². The standard InChI is InChI=1S/C17H22N4O2.HI/c1-11-13-5-3-4-6-14(13)23-15(11)9-19-17(18-2)20-10-16(22)21-12-7-8-12;/h3-6,12H,7-10H2,1-2H3,(H,21,22)(H2,18,19,20);1H. The summed E-state index contributed by atoms with van der Waals surface area (Å²) in [5.41, 5.74) is 2.00. The molecule has 1 aromatic carbocycles. The molecule has 0 aliphatic heterocycles. The molecule has 6 nitrogen and oxygen atoms in total. The number of aryl methyl sites for hydroxylation is 1. The first-order chi connectivity index (χ1) is 11.2. The zero-order valence-corrected chi connectivity index (χ0v) is 16.2. The van der Waals surface area contributed by atoms with Crippen LogP contribution in [0.25, 0.3) is 11.0 Å². The number of nitrogens with one attached hydrogen (secondary N) is 3. The molecular formula is C17H23IN4O2. The van der Waals surface area contributed by atoms with Crippen molar-refractivity contribution in [3.8, 4) is 0 Å². The van der Waals surface area contributed by atoms with E-state index < -0.39 is 0 Å². The van der Waals surface area contributed by atoms with Crippen LogP contribution in [0, 0.1) is 6.92 Å². The van der Waals surface area contributed by atoms with E-state index >= 15 is 0 Å². The molecule has 1 fully saturated rings. The zero-order chi connectivity index (χ0) is 16.2. The Kier molecular flexibility index (Phi) is 6.47. The maximum Gasteiger partial charge on any atom is 0.239 e. The van der Waals surface area contributed by atoms with E-state index in [9.17, 15) is 4.79 Å². The number of amides is 1. The fourth-order valence-corrected chi connectivity index (χ4v) is 2.45. The molecule has 3 rings (SSSR count). The van der Waals surface area contributed by atoms with Crippen LogP contribution in [-0.4, -0.2) is 31.5 Å². The van der Waals surface area contributed by atoms with Crippen molar-refractivity contribution in [3.05, 3.63) is 35.6 Å². The van der Waals surface area contributed by atoms with Gasteiger partial charge < -0.3 is 20.4 Å². The van der Waals surface area contributed by atoms with Gasteiger partial charge in [0.15, 0.2) is 5.96 Å². The van der Waals surface area contributed by atoms with E-state index in [1.165, 1.54) is 0 Å². The van der Waals surface area contributed by atoms with E-state index in [0.29, 0.717) is 18.5 Å². The molecule has 7 heteroatoms. The van der Waals surface area contributed by atoms with Crippen molar-refractivity contribution in [1.82, 2.24) is 16.0 Å². The molecule has 0 atom stereocenters. The maximum absolute atomic E-state index is 11.7. The Morgan fingerprint density at radius 2 is 2.04 bits per heavy atom. The second-order valence-electron chi connectivity index (χ2n) is 5.77. The Labute approximate surface area is 158 Å². The molecule has 1 aliphatic carbocycles. The lowest BCUT2D eigenvalue weighted by Gasteiger charge is -2.11. The van der Waals surface area contributed by atoms with Gasteiger partial charge in [0.05, 0.1) is 13.1 Å². The van der Waals surface area contributed by atoms with E-state index in [0.717, 1.165) is 35.1 Å². The van der Waals surface area contributed by atoms with Crippen molar-refractivity contribution >= 4 is 46.8 Å². The SMILES string of the molecule is CN=C(NCC(=O)NC1CC1)NCc1oc2ccccc2c1C.I. The van der Waals surface area contributed by atoms with Crippen LogP contribution >= 0.6 is 24.0 Å². The number of nitrogens with zero attached hydrogens (tertiary/aromatic N) is 1. The maximum atomic E-state index is 11.7. The summed E-state index contributed by atoms with van der Waals surface area (Å²) in [5.74, 6) is 1.45. The summed E-state index contributed by atoms with van der Waals surface area (Å²) in [6.45, 7) is 2.78. The first-order valence-corrected chi connectivity index (χ1v) is 7.88. The number of para-hydroxylation sites is 1. The zero-order valence-electron chi connectivity index (χ0n) is 13.9. The molecule has 130 valence electrons. The number of carbonyl (C=O) groups excluding carboxylic acids is 1. The summed E-state index contributed by atoms with van der Waals surface area (Å²) < 4.78 is 5.86. The highest BCUT2D eigenvalue weighted by Gasteiger charge is 2.23. The number of furan rings is 1. The van der Waals surface area contributed by atoms with Crippen molar-refractivity contribution in [1.29, 1.82) is 0 Å². The topological polar surface area (TPSA) is 78.7 Å². The van der Waals surface area contributed by atoms with Gasteiger partial charge in [0.1, 0.15) is 11.3 Å². The molecule has 0 bridgehead atoms. The van der Waals surface area contributed by atoms with Gasteiger partial charge in [-0.1, -0.05) is 18.2 Å². The highest BCUT2D eigenvalue weighted by molar-refractivity contribution is 14.0. The average molecular weight is 442 g/mol. The lowest BCUT2D eigenvalue weighted by Crippen LogP contribution is -2.43. The molecule has 0 radical (unpaired) electrons. The molecule has 1 amide bonds. The second-order valence-corrected chi connectivity index (χ2v) is 5.77. The second kappa shape index (κ2) is 8.36. The van der Waals surface area contributed by atoms with Crippen LogP contribution < -0.4 is 16.0 Å². The molecule has 0 spiro atoms. The van der Waals surface area contributed by atoms with E-state index in [1.807, 2.05) is 31.2 Å². The molecule has 1 aliphatic rings. The third-order valence-electron chi connectivity index (χ3n) is 3.94. The predicted octanol–water partition coefficient (Wildman–Crippen LogP) is 2.30. The number of rotatable bonds is 5. The van der Waals surface area contributed by atoms with Crippen molar-refractivity contribution in [3.63, 3.8) is 0 Å². The molecule has 0 unspecified atom stereocenters. The minimum absolute atomic E-state index is 0.